The van der Waals surface area contributed by atoms with Gasteiger partial charge in [-0.2, -0.15) is 5.10 Å². The van der Waals surface area contributed by atoms with Crippen LogP contribution >= 0.6 is 0 Å². The zero-order valence-corrected chi connectivity index (χ0v) is 16.8. The number of carbonyl (C=O) groups excluding carboxylic acids is 1. The molecule has 0 aliphatic rings. The van der Waals surface area contributed by atoms with E-state index in [9.17, 15) is 4.79 Å². The number of hydrogen-bond donors (Lipinski definition) is 2. The van der Waals surface area contributed by atoms with Gasteiger partial charge in [0.05, 0.1) is 31.5 Å². The van der Waals surface area contributed by atoms with Crippen LogP contribution in [0.25, 0.3) is 22.6 Å². The van der Waals surface area contributed by atoms with E-state index < -0.39 is 0 Å². The van der Waals surface area contributed by atoms with Crippen molar-refractivity contribution < 1.29 is 18.9 Å². The number of benzene rings is 2. The van der Waals surface area contributed by atoms with Crippen LogP contribution in [0.3, 0.4) is 0 Å². The zero-order valence-electron chi connectivity index (χ0n) is 16.8. The number of amides is 1. The summed E-state index contributed by atoms with van der Waals surface area (Å²) in [6.07, 6.45) is 1.49. The predicted octanol–water partition coefficient (Wildman–Crippen LogP) is 1.84. The van der Waals surface area contributed by atoms with Crippen molar-refractivity contribution in [3.63, 3.8) is 0 Å². The second kappa shape index (κ2) is 8.53. The number of nitrogen functional groups attached to an aromatic ring is 1. The Kier molecular flexibility index (Phi) is 5.47. The molecule has 2 heterocycles. The lowest BCUT2D eigenvalue weighted by atomic mass is 10.2. The van der Waals surface area contributed by atoms with Crippen LogP contribution in [0.4, 0.5) is 5.82 Å². The molecule has 31 heavy (non-hydrogen) atoms. The largest absolute Gasteiger partial charge is 0.497 e. The number of ether oxygens (including phenoxy) is 2. The molecule has 158 valence electrons. The number of carbonyl (C=O) groups is 1. The van der Waals surface area contributed by atoms with Gasteiger partial charge in [-0.15, -0.1) is 0 Å². The van der Waals surface area contributed by atoms with Gasteiger partial charge in [0, 0.05) is 11.6 Å². The molecule has 3 N–H and O–H groups in total. The lowest BCUT2D eigenvalue weighted by Gasteiger charge is -2.08. The smallest absolute Gasteiger partial charge is 0.260 e. The van der Waals surface area contributed by atoms with Crippen molar-refractivity contribution >= 4 is 29.0 Å². The molecule has 2 aromatic carbocycles. The Morgan fingerprint density at radius 1 is 1.23 bits per heavy atom. The van der Waals surface area contributed by atoms with E-state index >= 15 is 0 Å². The Labute approximate surface area is 176 Å². The molecule has 0 fully saturated rings. The summed E-state index contributed by atoms with van der Waals surface area (Å²) in [5, 5.41) is 11.4. The van der Waals surface area contributed by atoms with Crippen LogP contribution in [0, 0.1) is 0 Å². The molecule has 0 aliphatic carbocycles. The van der Waals surface area contributed by atoms with Gasteiger partial charge in [0.15, 0.2) is 17.3 Å². The minimum absolute atomic E-state index is 0.0702. The quantitative estimate of drug-likeness (QED) is 0.340. The van der Waals surface area contributed by atoms with Gasteiger partial charge in [0.25, 0.3) is 5.91 Å². The van der Waals surface area contributed by atoms with Gasteiger partial charge in [-0.1, -0.05) is 12.1 Å². The van der Waals surface area contributed by atoms with Crippen molar-refractivity contribution in [3.05, 3.63) is 48.0 Å². The van der Waals surface area contributed by atoms with Gasteiger partial charge in [0.1, 0.15) is 18.0 Å². The maximum absolute atomic E-state index is 12.6. The summed E-state index contributed by atoms with van der Waals surface area (Å²) in [6.45, 7) is -0.0702. The number of anilines is 1. The summed E-state index contributed by atoms with van der Waals surface area (Å²) in [5.41, 5.74) is 10.7. The Bertz CT molecular complexity index is 1260. The van der Waals surface area contributed by atoms with Crippen molar-refractivity contribution in [1.82, 2.24) is 25.3 Å². The van der Waals surface area contributed by atoms with Crippen LogP contribution in [-0.2, 0) is 11.3 Å². The van der Waals surface area contributed by atoms with Gasteiger partial charge < -0.3 is 19.8 Å². The second-order valence-corrected chi connectivity index (χ2v) is 6.41. The molecule has 0 aliphatic heterocycles. The fraction of sp³-hybridized carbons (Fsp3) is 0.150. The number of hydrazone groups is 1. The molecule has 0 unspecified atom stereocenters. The van der Waals surface area contributed by atoms with Crippen LogP contribution in [-0.4, -0.2) is 46.2 Å². The minimum atomic E-state index is -0.372. The maximum Gasteiger partial charge on any atom is 0.260 e. The normalized spacial score (nSPS) is 11.2. The van der Waals surface area contributed by atoms with E-state index in [0.717, 1.165) is 5.52 Å². The SMILES string of the molecule is COc1ccc(C=NNC(=O)Cn2c(-c3nonc3N)nc3ccccc32)c(OC)c1. The van der Waals surface area contributed by atoms with Crippen LogP contribution in [0.2, 0.25) is 0 Å². The molecule has 11 heteroatoms. The number of rotatable bonds is 7. The third-order valence-electron chi connectivity index (χ3n) is 4.52. The Morgan fingerprint density at radius 2 is 2.06 bits per heavy atom. The van der Waals surface area contributed by atoms with E-state index in [1.807, 2.05) is 24.3 Å². The fourth-order valence-electron chi connectivity index (χ4n) is 3.04. The molecule has 11 nitrogen and oxygen atoms in total. The molecule has 1 amide bonds. The first-order valence-electron chi connectivity index (χ1n) is 9.18. The maximum atomic E-state index is 12.6. The number of para-hydroxylation sites is 2. The van der Waals surface area contributed by atoms with E-state index in [1.54, 1.807) is 37.0 Å². The van der Waals surface area contributed by atoms with Crippen molar-refractivity contribution in [1.29, 1.82) is 0 Å². The molecule has 0 spiro atoms. The first kappa shape index (κ1) is 19.9. The molecule has 2 aromatic heterocycles. The Balaban J connectivity index is 1.56. The Morgan fingerprint density at radius 3 is 2.81 bits per heavy atom. The minimum Gasteiger partial charge on any atom is -0.497 e. The van der Waals surface area contributed by atoms with E-state index in [4.69, 9.17) is 15.2 Å². The molecule has 0 atom stereocenters. The van der Waals surface area contributed by atoms with Crippen LogP contribution in [0.5, 0.6) is 11.5 Å². The average molecular weight is 421 g/mol. The monoisotopic (exact) mass is 421 g/mol. The van der Waals surface area contributed by atoms with Crippen molar-refractivity contribution in [2.24, 2.45) is 5.10 Å². The topological polar surface area (TPSA) is 143 Å². The first-order valence-corrected chi connectivity index (χ1v) is 9.18. The van der Waals surface area contributed by atoms with E-state index in [0.29, 0.717) is 28.4 Å². The summed E-state index contributed by atoms with van der Waals surface area (Å²) in [4.78, 5) is 17.1. The summed E-state index contributed by atoms with van der Waals surface area (Å²) in [5.74, 6) is 1.30. The number of aromatic nitrogens is 4. The highest BCUT2D eigenvalue weighted by Gasteiger charge is 2.20. The number of imidazole rings is 1. The molecule has 0 bridgehead atoms. The molecule has 0 saturated carbocycles. The highest BCUT2D eigenvalue weighted by molar-refractivity contribution is 5.87. The summed E-state index contributed by atoms with van der Waals surface area (Å²) >= 11 is 0. The molecule has 4 aromatic rings. The number of nitrogens with two attached hydrogens (primary N) is 1. The van der Waals surface area contributed by atoms with Gasteiger partial charge in [-0.25, -0.2) is 15.0 Å². The number of methoxy groups -OCH3 is 2. The van der Waals surface area contributed by atoms with Crippen LogP contribution < -0.4 is 20.6 Å². The predicted molar refractivity (Wildman–Crippen MR) is 113 cm³/mol. The van der Waals surface area contributed by atoms with E-state index in [2.05, 4.69) is 30.5 Å². The van der Waals surface area contributed by atoms with Crippen molar-refractivity contribution in [2.75, 3.05) is 20.0 Å². The number of fused-ring (bicyclic) bond motifs is 1. The zero-order chi connectivity index (χ0) is 21.8. The molecule has 4 rings (SSSR count). The standard InChI is InChI=1S/C20H19N7O4/c1-29-13-8-7-12(16(9-13)30-2)10-22-24-17(28)11-27-15-6-4-3-5-14(15)23-20(27)18-19(21)26-31-25-18/h3-10H,11H2,1-2H3,(H2,21,26)(H,24,28). The van der Waals surface area contributed by atoms with E-state index in [1.165, 1.54) is 6.21 Å². The van der Waals surface area contributed by atoms with Gasteiger partial charge >= 0.3 is 0 Å². The number of nitrogens with zero attached hydrogens (tertiary/aromatic N) is 5. The Hall–Kier alpha value is -4.41. The number of hydrogen-bond acceptors (Lipinski definition) is 9. The van der Waals surface area contributed by atoms with Crippen molar-refractivity contribution in [3.8, 4) is 23.0 Å². The summed E-state index contributed by atoms with van der Waals surface area (Å²) < 4.78 is 16.8. The lowest BCUT2D eigenvalue weighted by Crippen LogP contribution is -2.23. The molecular weight excluding hydrogens is 402 g/mol. The molecular formula is C20H19N7O4. The highest BCUT2D eigenvalue weighted by Crippen LogP contribution is 2.26. The van der Waals surface area contributed by atoms with Gasteiger partial charge in [0.2, 0.25) is 0 Å². The van der Waals surface area contributed by atoms with Gasteiger partial charge in [-0.05, 0) is 34.6 Å². The molecule has 0 saturated heterocycles. The highest BCUT2D eigenvalue weighted by atomic mass is 16.6. The van der Waals surface area contributed by atoms with Crippen LogP contribution in [0.15, 0.2) is 52.2 Å². The summed E-state index contributed by atoms with van der Waals surface area (Å²) in [7, 11) is 3.11. The van der Waals surface area contributed by atoms with Crippen LogP contribution in [0.1, 0.15) is 5.56 Å². The van der Waals surface area contributed by atoms with E-state index in [-0.39, 0.29) is 24.0 Å². The number of nitrogens with one attached hydrogen (secondary N) is 1. The van der Waals surface area contributed by atoms with Gasteiger partial charge in [-0.3, -0.25) is 4.79 Å². The average Bonchev–Trinajstić information content (AvgIpc) is 3.37. The first-order chi connectivity index (χ1) is 15.1. The molecule has 0 radical (unpaired) electrons. The fourth-order valence-corrected chi connectivity index (χ4v) is 3.04. The van der Waals surface area contributed by atoms with Crippen molar-refractivity contribution in [2.45, 2.75) is 6.54 Å². The third-order valence-corrected chi connectivity index (χ3v) is 4.52. The summed E-state index contributed by atoms with van der Waals surface area (Å²) in [6, 6.07) is 12.6. The third kappa shape index (κ3) is 4.01. The lowest BCUT2D eigenvalue weighted by molar-refractivity contribution is -0.121. The second-order valence-electron chi connectivity index (χ2n) is 6.41.